The second kappa shape index (κ2) is 35.1. The second-order valence-electron chi connectivity index (χ2n) is 24.6. The van der Waals surface area contributed by atoms with E-state index in [-0.39, 0.29) is 0 Å². The van der Waals surface area contributed by atoms with Crippen LogP contribution in [-0.2, 0) is 85.4 Å². The molecule has 0 aliphatic carbocycles. The van der Waals surface area contributed by atoms with Gasteiger partial charge < -0.3 is 204 Å². The van der Waals surface area contributed by atoms with Crippen molar-refractivity contribution in [2.45, 2.75) is 266 Å². The number of rotatable bonds is 25. The molecule has 40 atom stereocenters. The van der Waals surface area contributed by atoms with E-state index in [4.69, 9.17) is 71.1 Å². The van der Waals surface area contributed by atoms with Crippen molar-refractivity contribution in [3.8, 4) is 0 Å². The summed E-state index contributed by atoms with van der Waals surface area (Å²) >= 11 is 0. The molecular weight excluding hydrogens is 1350 g/mol. The summed E-state index contributed by atoms with van der Waals surface area (Å²) in [7, 11) is 0. The van der Waals surface area contributed by atoms with Crippen LogP contribution >= 0.6 is 0 Å². The van der Waals surface area contributed by atoms with Crippen molar-refractivity contribution in [2.24, 2.45) is 0 Å². The number of hydrogen-bond acceptors (Lipinski definition) is 41. The molecule has 8 aliphatic heterocycles. The lowest BCUT2D eigenvalue weighted by Gasteiger charge is -2.51. The zero-order chi connectivity index (χ0) is 72.2. The first-order valence-corrected chi connectivity index (χ1v) is 31.1. The fraction of sp³-hybridized carbons (Fsp3) is 0.944. The van der Waals surface area contributed by atoms with E-state index in [9.17, 15) is 132 Å². The van der Waals surface area contributed by atoms with Crippen LogP contribution in [-0.4, -0.2) is 433 Å². The van der Waals surface area contributed by atoms with Crippen LogP contribution in [0, 0.1) is 0 Å². The van der Waals surface area contributed by atoms with Crippen molar-refractivity contribution in [2.75, 3.05) is 52.9 Å². The molecular formula is C54H91N3O41. The number of ether oxygens (including phenoxy) is 15. The maximum atomic E-state index is 12.9. The van der Waals surface area contributed by atoms with E-state index in [1.807, 2.05) is 0 Å². The minimum Gasteiger partial charge on any atom is -0.394 e. The highest BCUT2D eigenvalue weighted by molar-refractivity contribution is 5.74. The highest BCUT2D eigenvalue weighted by Gasteiger charge is 2.60. The molecule has 8 aliphatic rings. The summed E-state index contributed by atoms with van der Waals surface area (Å²) in [4.78, 5) is 38.2. The van der Waals surface area contributed by atoms with Gasteiger partial charge in [-0.05, 0) is 0 Å². The molecule has 0 aromatic carbocycles. The van der Waals surface area contributed by atoms with E-state index >= 15 is 0 Å². The van der Waals surface area contributed by atoms with Gasteiger partial charge in [-0.25, -0.2) is 0 Å². The summed E-state index contributed by atoms with van der Waals surface area (Å²) in [6, 6.07) is -5.57. The molecule has 0 aromatic rings. The van der Waals surface area contributed by atoms with Crippen molar-refractivity contribution in [1.82, 2.24) is 16.0 Å². The number of hydrogen-bond donors (Lipinski definition) is 26. The lowest BCUT2D eigenvalue weighted by molar-refractivity contribution is -0.389. The topological polar surface area (TPSA) is 691 Å². The second-order valence-corrected chi connectivity index (χ2v) is 24.6. The van der Waals surface area contributed by atoms with Gasteiger partial charge in [0.05, 0.1) is 52.9 Å². The van der Waals surface area contributed by atoms with Crippen LogP contribution in [0.15, 0.2) is 0 Å². The molecule has 0 bridgehead atoms. The number of carbonyl (C=O) groups is 3. The molecule has 98 heavy (non-hydrogen) atoms. The molecule has 8 saturated heterocycles. The smallest absolute Gasteiger partial charge is 0.217 e. The first-order valence-electron chi connectivity index (χ1n) is 31.1. The summed E-state index contributed by atoms with van der Waals surface area (Å²) in [6.07, 6.45) is -73.2. The summed E-state index contributed by atoms with van der Waals surface area (Å²) in [5.74, 6) is -2.70. The van der Waals surface area contributed by atoms with Gasteiger partial charge in [-0.3, -0.25) is 14.4 Å². The standard InChI is InChI=1S/C54H91N3O41/c1-12(66)55-23-30(73)40(92-51-36(79)33(76)26(69)15(4-58)85-51)20(9-63)89-48(23)96-44-27(70)16(5-59)86-52(37(44)80)93-41-21(10-64)90-49(24(31(41)74)56-13(2)67)97-45-28(71)17(6-60)87-53(38(45)81)94-42-22(11-65)91-50(25(32(42)75)57-14(3)68)98-46-29(72)18(7-61)88-54(39(46)82)95-43-19(8-62)84-47(83)35(78)34(43)77/h15-54,58-65,69-83H,4-11H2,1-3H3,(H,55,66)(H,56,67)(H,57,68)/t15-,16-,17-,18-,19-,20-,21-,22-,23-,24-,25-,26+,27+,28+,29+,30-,31-,32-,33+,34-,35-,36-,37-,38-,39-,40-,41-,42-,43-,44+,45+,46+,47-,48+,49+,50+,51+,52+,53+,54+/m1/s1. The Morgan fingerprint density at radius 1 is 0.245 bits per heavy atom. The number of carbonyl (C=O) groups excluding carboxylic acids is 3. The Morgan fingerprint density at radius 2 is 0.469 bits per heavy atom. The Morgan fingerprint density at radius 3 is 0.735 bits per heavy atom. The van der Waals surface area contributed by atoms with Gasteiger partial charge in [-0.2, -0.15) is 0 Å². The lowest BCUT2D eigenvalue weighted by atomic mass is 9.93. The number of aliphatic hydroxyl groups is 23. The third kappa shape index (κ3) is 17.3. The van der Waals surface area contributed by atoms with Gasteiger partial charge in [0.1, 0.15) is 195 Å². The van der Waals surface area contributed by atoms with E-state index < -0.39 is 316 Å². The lowest BCUT2D eigenvalue weighted by Crippen LogP contribution is -2.71. The van der Waals surface area contributed by atoms with Gasteiger partial charge in [0, 0.05) is 20.8 Å². The predicted molar refractivity (Wildman–Crippen MR) is 299 cm³/mol. The predicted octanol–water partition coefficient (Wildman–Crippen LogP) is -18.0. The molecule has 0 saturated carbocycles. The van der Waals surface area contributed by atoms with Crippen LogP contribution in [0.4, 0.5) is 0 Å². The average Bonchev–Trinajstić information content (AvgIpc) is 0.797. The van der Waals surface area contributed by atoms with Crippen LogP contribution in [0.2, 0.25) is 0 Å². The minimum absolute atomic E-state index is 0.865. The van der Waals surface area contributed by atoms with E-state index in [1.54, 1.807) is 0 Å². The molecule has 0 radical (unpaired) electrons. The zero-order valence-corrected chi connectivity index (χ0v) is 52.4. The van der Waals surface area contributed by atoms with Gasteiger partial charge in [-0.1, -0.05) is 0 Å². The molecule has 8 fully saturated rings. The van der Waals surface area contributed by atoms with Gasteiger partial charge in [0.15, 0.2) is 50.3 Å². The highest BCUT2D eigenvalue weighted by atomic mass is 16.8. The fourth-order valence-corrected chi connectivity index (χ4v) is 12.7. The molecule has 568 valence electrons. The van der Waals surface area contributed by atoms with E-state index in [2.05, 4.69) is 16.0 Å². The highest BCUT2D eigenvalue weighted by Crippen LogP contribution is 2.39. The minimum atomic E-state index is -2.33. The average molecular weight is 1440 g/mol. The molecule has 0 spiro atoms. The van der Waals surface area contributed by atoms with Gasteiger partial charge in [0.2, 0.25) is 17.7 Å². The van der Waals surface area contributed by atoms with Crippen molar-refractivity contribution in [1.29, 1.82) is 0 Å². The van der Waals surface area contributed by atoms with E-state index in [1.165, 1.54) is 0 Å². The molecule has 8 heterocycles. The molecule has 44 heteroatoms. The maximum Gasteiger partial charge on any atom is 0.217 e. The summed E-state index contributed by atoms with van der Waals surface area (Å²) in [5.41, 5.74) is 0. The van der Waals surface area contributed by atoms with Crippen molar-refractivity contribution < 1.29 is 203 Å². The first kappa shape index (κ1) is 80.6. The monoisotopic (exact) mass is 1440 g/mol. The fourth-order valence-electron chi connectivity index (χ4n) is 12.7. The zero-order valence-electron chi connectivity index (χ0n) is 52.4. The maximum absolute atomic E-state index is 12.9. The number of aliphatic hydroxyl groups excluding tert-OH is 23. The van der Waals surface area contributed by atoms with Crippen LogP contribution in [0.25, 0.3) is 0 Å². The normalized spacial score (nSPS) is 49.5. The molecule has 3 amide bonds. The third-order valence-electron chi connectivity index (χ3n) is 17.9. The molecule has 26 N–H and O–H groups in total. The summed E-state index contributed by atoms with van der Waals surface area (Å²) in [5, 5.41) is 257. The van der Waals surface area contributed by atoms with Crippen LogP contribution in [0.3, 0.4) is 0 Å². The van der Waals surface area contributed by atoms with Crippen LogP contribution in [0.5, 0.6) is 0 Å². The molecule has 0 unspecified atom stereocenters. The molecule has 0 aromatic heterocycles. The Kier molecular flexibility index (Phi) is 28.9. The Balaban J connectivity index is 0.979. The van der Waals surface area contributed by atoms with Crippen molar-refractivity contribution in [3.05, 3.63) is 0 Å². The first-order chi connectivity index (χ1) is 46.4. The van der Waals surface area contributed by atoms with Crippen molar-refractivity contribution >= 4 is 17.7 Å². The Labute approximate surface area is 554 Å². The quantitative estimate of drug-likeness (QED) is 0.0404. The van der Waals surface area contributed by atoms with Crippen LogP contribution in [0.1, 0.15) is 20.8 Å². The molecule has 8 rings (SSSR count). The summed E-state index contributed by atoms with van der Waals surface area (Å²) < 4.78 is 86.5. The summed E-state index contributed by atoms with van der Waals surface area (Å²) in [6.45, 7) is -5.41. The van der Waals surface area contributed by atoms with Gasteiger partial charge >= 0.3 is 0 Å². The van der Waals surface area contributed by atoms with Crippen LogP contribution < -0.4 is 16.0 Å². The largest absolute Gasteiger partial charge is 0.394 e. The number of nitrogens with one attached hydrogen (secondary N) is 3. The Hall–Kier alpha value is -3.11. The van der Waals surface area contributed by atoms with E-state index in [0.29, 0.717) is 0 Å². The van der Waals surface area contributed by atoms with Gasteiger partial charge in [0.25, 0.3) is 0 Å². The molecule has 44 nitrogen and oxygen atoms in total. The van der Waals surface area contributed by atoms with Crippen molar-refractivity contribution in [3.63, 3.8) is 0 Å². The SMILES string of the molecule is CC(=O)N[C@H]1[C@H](O[C@H]2[C@@H](O)[C@@H](CO)O[C@@H](O[C@H]3[C@H](O)[C@@H](NC(C)=O)[C@H](O[C@H]4[C@@H](O)[C@@H](CO)O[C@@H](O[C@H]5[C@H](O)[C@@H](NC(C)=O)[C@H](O[C@H]6[C@@H](O)[C@@H](CO)O[C@@H](O[C@H]7[C@H](O)[C@@H](O)[C@H](O)O[C@@H]7CO)[C@@H]6O)O[C@@H]5CO)[C@@H]4O)O[C@@H]3CO)[C@@H]2O)O[C@H](CO)[C@@H](O[C@@H]2O[C@H](CO)[C@H](O)[C@H](O)[C@H]2O)[C@@H]1O. The third-order valence-corrected chi connectivity index (χ3v) is 17.9. The Bertz CT molecular complexity index is 2510. The number of amides is 3. The van der Waals surface area contributed by atoms with E-state index in [0.717, 1.165) is 20.8 Å². The van der Waals surface area contributed by atoms with Gasteiger partial charge in [-0.15, -0.1) is 0 Å².